The van der Waals surface area contributed by atoms with Gasteiger partial charge in [0.1, 0.15) is 10.7 Å². The Morgan fingerprint density at radius 3 is 2.76 bits per heavy atom. The van der Waals surface area contributed by atoms with Crippen molar-refractivity contribution in [3.63, 3.8) is 0 Å². The normalized spacial score (nSPS) is 13.1. The largest absolute Gasteiger partial charge is 0.490 e. The molecule has 0 spiro atoms. The number of ether oxygens (including phenoxy) is 2. The second-order valence-electron chi connectivity index (χ2n) is 7.91. The van der Waals surface area contributed by atoms with Crippen molar-refractivity contribution in [1.29, 1.82) is 0 Å². The van der Waals surface area contributed by atoms with E-state index in [0.717, 1.165) is 40.8 Å². The first kappa shape index (κ1) is 22.0. The van der Waals surface area contributed by atoms with Crippen LogP contribution in [0.1, 0.15) is 30.2 Å². The van der Waals surface area contributed by atoms with Gasteiger partial charge in [0, 0.05) is 21.1 Å². The lowest BCUT2D eigenvalue weighted by Crippen LogP contribution is -2.11. The Bertz CT molecular complexity index is 1310. The van der Waals surface area contributed by atoms with Crippen molar-refractivity contribution in [3.8, 4) is 22.9 Å². The fourth-order valence-electron chi connectivity index (χ4n) is 4.17. The van der Waals surface area contributed by atoms with Gasteiger partial charge in [-0.2, -0.15) is 0 Å². The summed E-state index contributed by atoms with van der Waals surface area (Å²) < 4.78 is 11.9. The lowest BCUT2D eigenvalue weighted by atomic mass is 9.97. The van der Waals surface area contributed by atoms with E-state index in [2.05, 4.69) is 17.1 Å². The van der Waals surface area contributed by atoms with E-state index in [1.165, 1.54) is 21.8 Å². The fourth-order valence-corrected chi connectivity index (χ4v) is 6.19. The third-order valence-electron chi connectivity index (χ3n) is 5.69. The number of nitrogens with zero attached hydrogens (tertiary/aromatic N) is 1. The molecule has 0 saturated heterocycles. The zero-order valence-corrected chi connectivity index (χ0v) is 20.2. The predicted molar refractivity (Wildman–Crippen MR) is 136 cm³/mol. The summed E-state index contributed by atoms with van der Waals surface area (Å²) in [6, 6.07) is 16.0. The molecule has 0 aliphatic heterocycles. The van der Waals surface area contributed by atoms with E-state index in [-0.39, 0.29) is 5.56 Å². The molecule has 1 aliphatic carbocycles. The molecule has 0 atom stereocenters. The van der Waals surface area contributed by atoms with Crippen LogP contribution in [0.5, 0.6) is 11.5 Å². The highest BCUT2D eigenvalue weighted by molar-refractivity contribution is 7.99. The number of benzene rings is 2. The Morgan fingerprint density at radius 2 is 1.91 bits per heavy atom. The van der Waals surface area contributed by atoms with Crippen molar-refractivity contribution < 1.29 is 9.47 Å². The van der Waals surface area contributed by atoms with Crippen LogP contribution in [0.25, 0.3) is 21.6 Å². The summed E-state index contributed by atoms with van der Waals surface area (Å²) >= 11 is 3.42. The summed E-state index contributed by atoms with van der Waals surface area (Å²) in [4.78, 5) is 24.1. The van der Waals surface area contributed by atoms with Crippen molar-refractivity contribution in [3.05, 3.63) is 69.3 Å². The molecule has 5 nitrogen and oxygen atoms in total. The van der Waals surface area contributed by atoms with Gasteiger partial charge >= 0.3 is 0 Å². The molecule has 2 aromatic carbocycles. The summed E-state index contributed by atoms with van der Waals surface area (Å²) in [6.07, 6.45) is 4.35. The summed E-state index contributed by atoms with van der Waals surface area (Å²) in [6.45, 7) is 3.05. The van der Waals surface area contributed by atoms with E-state index < -0.39 is 0 Å². The van der Waals surface area contributed by atoms with Gasteiger partial charge in [0.05, 0.1) is 18.6 Å². The van der Waals surface area contributed by atoms with E-state index in [9.17, 15) is 4.79 Å². The van der Waals surface area contributed by atoms with E-state index in [4.69, 9.17) is 14.5 Å². The maximum absolute atomic E-state index is 12.9. The van der Waals surface area contributed by atoms with Gasteiger partial charge in [0.15, 0.2) is 11.5 Å². The second kappa shape index (κ2) is 10.0. The minimum atomic E-state index is -0.0503. The molecule has 5 rings (SSSR count). The van der Waals surface area contributed by atoms with Crippen molar-refractivity contribution >= 4 is 33.3 Å². The standard InChI is InChI=1S/C26H26N2O3S2/c1-2-30-21-16-17(12-13-20(21)31-14-15-32-18-8-4-3-5-9-18)24-27-25(29)23-19-10-6-7-11-22(19)33-26(23)28-24/h3-5,8-9,12-13,16H,2,6-7,10-11,14-15H2,1H3,(H,27,28,29). The molecule has 0 fully saturated rings. The van der Waals surface area contributed by atoms with Crippen molar-refractivity contribution in [2.45, 2.75) is 37.5 Å². The van der Waals surface area contributed by atoms with Crippen molar-refractivity contribution in [2.24, 2.45) is 0 Å². The number of rotatable bonds is 8. The zero-order valence-electron chi connectivity index (χ0n) is 18.6. The Morgan fingerprint density at radius 1 is 1.06 bits per heavy atom. The summed E-state index contributed by atoms with van der Waals surface area (Å²) in [5, 5.41) is 0.777. The summed E-state index contributed by atoms with van der Waals surface area (Å²) in [5.74, 6) is 2.77. The molecule has 0 saturated carbocycles. The highest BCUT2D eigenvalue weighted by atomic mass is 32.2. The minimum absolute atomic E-state index is 0.0503. The maximum Gasteiger partial charge on any atom is 0.260 e. The third-order valence-corrected chi connectivity index (χ3v) is 7.86. The van der Waals surface area contributed by atoms with E-state index >= 15 is 0 Å². The average molecular weight is 479 g/mol. The molecule has 170 valence electrons. The molecular formula is C26H26N2O3S2. The third kappa shape index (κ3) is 4.80. The number of hydrogen-bond acceptors (Lipinski definition) is 6. The van der Waals surface area contributed by atoms with Crippen LogP contribution in [0.15, 0.2) is 58.2 Å². The van der Waals surface area contributed by atoms with Crippen LogP contribution in [0.4, 0.5) is 0 Å². The maximum atomic E-state index is 12.9. The molecule has 7 heteroatoms. The van der Waals surface area contributed by atoms with Gasteiger partial charge in [-0.05, 0) is 68.5 Å². The number of nitrogens with one attached hydrogen (secondary N) is 1. The number of thiophene rings is 1. The van der Waals surface area contributed by atoms with Gasteiger partial charge in [0.25, 0.3) is 5.56 Å². The van der Waals surface area contributed by atoms with Gasteiger partial charge in [-0.15, -0.1) is 23.1 Å². The summed E-state index contributed by atoms with van der Waals surface area (Å²) in [5.41, 5.74) is 1.97. The lowest BCUT2D eigenvalue weighted by molar-refractivity contribution is 0.289. The first-order chi connectivity index (χ1) is 16.2. The molecular weight excluding hydrogens is 452 g/mol. The molecule has 0 bridgehead atoms. The smallest absolute Gasteiger partial charge is 0.260 e. The van der Waals surface area contributed by atoms with Crippen LogP contribution in [0.2, 0.25) is 0 Å². The lowest BCUT2D eigenvalue weighted by Gasteiger charge is -2.13. The SMILES string of the molecule is CCOc1cc(-c2nc3sc4c(c3c(=O)[nH]2)CCCC4)ccc1OCCSc1ccccc1. The Labute approximate surface area is 201 Å². The molecule has 33 heavy (non-hydrogen) atoms. The Balaban J connectivity index is 1.37. The van der Waals surface area contributed by atoms with Gasteiger partial charge in [0.2, 0.25) is 0 Å². The number of H-pyrrole nitrogens is 1. The van der Waals surface area contributed by atoms with Gasteiger partial charge < -0.3 is 14.5 Å². The molecule has 0 radical (unpaired) electrons. The second-order valence-corrected chi connectivity index (χ2v) is 10.2. The number of aryl methyl sites for hydroxylation is 2. The first-order valence-electron chi connectivity index (χ1n) is 11.4. The molecule has 2 aromatic heterocycles. The number of hydrogen-bond donors (Lipinski definition) is 1. The highest BCUT2D eigenvalue weighted by Gasteiger charge is 2.20. The van der Waals surface area contributed by atoms with Gasteiger partial charge in [-0.1, -0.05) is 18.2 Å². The average Bonchev–Trinajstić information content (AvgIpc) is 3.22. The molecule has 4 aromatic rings. The fraction of sp³-hybridized carbons (Fsp3) is 0.308. The minimum Gasteiger partial charge on any atom is -0.490 e. The molecule has 0 unspecified atom stereocenters. The molecule has 1 aliphatic rings. The Hall–Kier alpha value is -2.77. The van der Waals surface area contributed by atoms with Crippen LogP contribution in [0, 0.1) is 0 Å². The molecule has 0 amide bonds. The van der Waals surface area contributed by atoms with Gasteiger partial charge in [-0.25, -0.2) is 4.98 Å². The molecule has 2 heterocycles. The first-order valence-corrected chi connectivity index (χ1v) is 13.2. The van der Waals surface area contributed by atoms with Gasteiger partial charge in [-0.3, -0.25) is 4.79 Å². The predicted octanol–water partition coefficient (Wildman–Crippen LogP) is 6.10. The topological polar surface area (TPSA) is 64.2 Å². The van der Waals surface area contributed by atoms with Crippen LogP contribution in [0.3, 0.4) is 0 Å². The summed E-state index contributed by atoms with van der Waals surface area (Å²) in [7, 11) is 0. The Kier molecular flexibility index (Phi) is 6.69. The van der Waals surface area contributed by atoms with E-state index in [1.54, 1.807) is 23.1 Å². The van der Waals surface area contributed by atoms with E-state index in [0.29, 0.717) is 30.5 Å². The van der Waals surface area contributed by atoms with E-state index in [1.807, 2.05) is 43.3 Å². The van der Waals surface area contributed by atoms with Crippen molar-refractivity contribution in [2.75, 3.05) is 19.0 Å². The quantitative estimate of drug-likeness (QED) is 0.245. The zero-order chi connectivity index (χ0) is 22.6. The monoisotopic (exact) mass is 478 g/mol. The highest BCUT2D eigenvalue weighted by Crippen LogP contribution is 2.36. The van der Waals surface area contributed by atoms with Crippen LogP contribution in [-0.2, 0) is 12.8 Å². The van der Waals surface area contributed by atoms with Crippen molar-refractivity contribution in [1.82, 2.24) is 9.97 Å². The number of aromatic amines is 1. The van der Waals surface area contributed by atoms with Crippen LogP contribution < -0.4 is 15.0 Å². The number of thioether (sulfide) groups is 1. The van der Waals surface area contributed by atoms with Crippen LogP contribution in [-0.4, -0.2) is 28.9 Å². The number of fused-ring (bicyclic) bond motifs is 3. The molecule has 1 N–H and O–H groups in total. The number of aromatic nitrogens is 2. The van der Waals surface area contributed by atoms with Crippen LogP contribution >= 0.6 is 23.1 Å².